The van der Waals surface area contributed by atoms with Crippen LogP contribution in [0.15, 0.2) is 72.9 Å². The molecule has 1 amide bonds. The zero-order valence-electron chi connectivity index (χ0n) is 15.1. The van der Waals surface area contributed by atoms with Crippen LogP contribution in [-0.2, 0) is 4.79 Å². The van der Waals surface area contributed by atoms with Crippen molar-refractivity contribution >= 4 is 5.91 Å². The Balaban J connectivity index is 1.45. The summed E-state index contributed by atoms with van der Waals surface area (Å²) in [6, 6.07) is 21.0. The summed E-state index contributed by atoms with van der Waals surface area (Å²) in [4.78, 5) is 16.3. The Morgan fingerprint density at radius 3 is 2.70 bits per heavy atom. The average Bonchev–Trinajstić information content (AvgIpc) is 3.50. The second kappa shape index (κ2) is 7.31. The van der Waals surface area contributed by atoms with Gasteiger partial charge >= 0.3 is 0 Å². The fourth-order valence-electron chi connectivity index (χ4n) is 3.53. The summed E-state index contributed by atoms with van der Waals surface area (Å²) in [6.45, 7) is 1.95. The van der Waals surface area contributed by atoms with Crippen molar-refractivity contribution in [3.8, 4) is 11.1 Å². The predicted molar refractivity (Wildman–Crippen MR) is 103 cm³/mol. The van der Waals surface area contributed by atoms with Gasteiger partial charge in [0.2, 0.25) is 11.9 Å². The first-order valence-corrected chi connectivity index (χ1v) is 9.19. The number of carbonyl (C=O) groups excluding carboxylic acids is 1. The van der Waals surface area contributed by atoms with Crippen molar-refractivity contribution in [1.29, 1.82) is 0 Å². The van der Waals surface area contributed by atoms with Gasteiger partial charge in [-0.1, -0.05) is 48.5 Å². The van der Waals surface area contributed by atoms with Gasteiger partial charge in [0.15, 0.2) is 0 Å². The van der Waals surface area contributed by atoms with E-state index in [1.165, 1.54) is 11.8 Å². The molecule has 0 aliphatic heterocycles. The summed E-state index contributed by atoms with van der Waals surface area (Å²) in [5, 5.41) is 3.10. The summed E-state index contributed by atoms with van der Waals surface area (Å²) in [6.07, 6.45) is 2.33. The molecule has 27 heavy (non-hydrogen) atoms. The van der Waals surface area contributed by atoms with Crippen molar-refractivity contribution < 1.29 is 9.18 Å². The number of rotatable bonds is 5. The van der Waals surface area contributed by atoms with Crippen LogP contribution in [0.1, 0.15) is 36.4 Å². The van der Waals surface area contributed by atoms with Crippen molar-refractivity contribution in [2.75, 3.05) is 0 Å². The van der Waals surface area contributed by atoms with Crippen LogP contribution >= 0.6 is 0 Å². The Bertz CT molecular complexity index is 957. The standard InChI is InChI=1S/C23H21FN2O/c1-15(26-23(27)21-14-20(21)16-7-3-2-4-8-16)17-9-5-10-18(13-17)19-11-6-12-25-22(19)24/h2-13,15,20-21H,14H2,1H3,(H,26,27)/t15?,20?,21-/m0/s1. The molecular formula is C23H21FN2O. The molecule has 4 heteroatoms. The first-order valence-electron chi connectivity index (χ1n) is 9.19. The van der Waals surface area contributed by atoms with Gasteiger partial charge in [0.05, 0.1) is 6.04 Å². The van der Waals surface area contributed by atoms with Crippen LogP contribution in [0, 0.1) is 11.9 Å². The lowest BCUT2D eigenvalue weighted by atomic mass is 10.0. The molecule has 2 unspecified atom stereocenters. The van der Waals surface area contributed by atoms with E-state index in [0.29, 0.717) is 11.5 Å². The van der Waals surface area contributed by atoms with Gasteiger partial charge in [0.1, 0.15) is 0 Å². The molecule has 0 saturated heterocycles. The number of pyridine rings is 1. The van der Waals surface area contributed by atoms with Gasteiger partial charge in [-0.05, 0) is 54.2 Å². The quantitative estimate of drug-likeness (QED) is 0.660. The van der Waals surface area contributed by atoms with Crippen LogP contribution in [-0.4, -0.2) is 10.9 Å². The van der Waals surface area contributed by atoms with E-state index in [1.54, 1.807) is 12.1 Å². The number of nitrogens with one attached hydrogen (secondary N) is 1. The number of hydrogen-bond donors (Lipinski definition) is 1. The third kappa shape index (κ3) is 3.75. The largest absolute Gasteiger partial charge is 0.349 e. The predicted octanol–water partition coefficient (Wildman–Crippen LogP) is 4.87. The molecule has 1 aromatic heterocycles. The summed E-state index contributed by atoms with van der Waals surface area (Å²) in [5.74, 6) is -0.0626. The van der Waals surface area contributed by atoms with Gasteiger partial charge < -0.3 is 5.32 Å². The van der Waals surface area contributed by atoms with Crippen molar-refractivity contribution in [2.24, 2.45) is 5.92 Å². The average molecular weight is 360 g/mol. The maximum atomic E-state index is 14.0. The Hall–Kier alpha value is -3.01. The molecule has 3 nitrogen and oxygen atoms in total. The van der Waals surface area contributed by atoms with Crippen LogP contribution in [0.5, 0.6) is 0 Å². The lowest BCUT2D eigenvalue weighted by molar-refractivity contribution is -0.123. The fourth-order valence-corrected chi connectivity index (χ4v) is 3.53. The molecule has 3 aromatic rings. The molecule has 0 spiro atoms. The molecule has 1 N–H and O–H groups in total. The highest BCUT2D eigenvalue weighted by Crippen LogP contribution is 2.47. The van der Waals surface area contributed by atoms with E-state index in [9.17, 15) is 9.18 Å². The first-order chi connectivity index (χ1) is 13.1. The Morgan fingerprint density at radius 1 is 1.11 bits per heavy atom. The molecular weight excluding hydrogens is 339 g/mol. The topological polar surface area (TPSA) is 42.0 Å². The molecule has 3 atom stereocenters. The Kier molecular flexibility index (Phi) is 4.71. The molecule has 4 rings (SSSR count). The van der Waals surface area contributed by atoms with Crippen LogP contribution in [0.25, 0.3) is 11.1 Å². The van der Waals surface area contributed by atoms with E-state index in [-0.39, 0.29) is 17.9 Å². The van der Waals surface area contributed by atoms with E-state index in [1.807, 2.05) is 49.4 Å². The van der Waals surface area contributed by atoms with Crippen LogP contribution in [0.4, 0.5) is 4.39 Å². The molecule has 0 radical (unpaired) electrons. The number of benzene rings is 2. The minimum absolute atomic E-state index is 0.0359. The number of hydrogen-bond acceptors (Lipinski definition) is 2. The molecule has 1 fully saturated rings. The molecule has 2 aromatic carbocycles. The van der Waals surface area contributed by atoms with Crippen LogP contribution < -0.4 is 5.32 Å². The van der Waals surface area contributed by atoms with E-state index in [2.05, 4.69) is 22.4 Å². The number of halogens is 1. The summed E-state index contributed by atoms with van der Waals surface area (Å²) >= 11 is 0. The molecule has 1 heterocycles. The highest BCUT2D eigenvalue weighted by Gasteiger charge is 2.44. The summed E-state index contributed by atoms with van der Waals surface area (Å²) in [7, 11) is 0. The lowest BCUT2D eigenvalue weighted by Gasteiger charge is -2.16. The molecule has 136 valence electrons. The van der Waals surface area contributed by atoms with E-state index >= 15 is 0 Å². The van der Waals surface area contributed by atoms with Crippen LogP contribution in [0.3, 0.4) is 0 Å². The van der Waals surface area contributed by atoms with E-state index in [0.717, 1.165) is 17.5 Å². The van der Waals surface area contributed by atoms with Crippen molar-refractivity contribution in [3.05, 3.63) is 90.0 Å². The van der Waals surface area contributed by atoms with Gasteiger partial charge in [-0.3, -0.25) is 4.79 Å². The smallest absolute Gasteiger partial charge is 0.224 e. The zero-order valence-corrected chi connectivity index (χ0v) is 15.1. The molecule has 1 aliphatic carbocycles. The second-order valence-corrected chi connectivity index (χ2v) is 7.06. The van der Waals surface area contributed by atoms with Crippen molar-refractivity contribution in [3.63, 3.8) is 0 Å². The Labute approximate surface area is 158 Å². The molecule has 1 saturated carbocycles. The van der Waals surface area contributed by atoms with Crippen molar-refractivity contribution in [2.45, 2.75) is 25.3 Å². The Morgan fingerprint density at radius 2 is 1.93 bits per heavy atom. The van der Waals surface area contributed by atoms with Gasteiger partial charge in [0, 0.05) is 17.7 Å². The first kappa shape index (κ1) is 17.4. The number of amides is 1. The van der Waals surface area contributed by atoms with Gasteiger partial charge in [-0.2, -0.15) is 4.39 Å². The highest BCUT2D eigenvalue weighted by atomic mass is 19.1. The second-order valence-electron chi connectivity index (χ2n) is 7.06. The minimum Gasteiger partial charge on any atom is -0.349 e. The maximum absolute atomic E-state index is 14.0. The van der Waals surface area contributed by atoms with Gasteiger partial charge in [-0.25, -0.2) is 4.98 Å². The third-order valence-corrected chi connectivity index (χ3v) is 5.17. The monoisotopic (exact) mass is 360 g/mol. The molecule has 1 aliphatic rings. The van der Waals surface area contributed by atoms with Crippen LogP contribution in [0.2, 0.25) is 0 Å². The molecule has 0 bridgehead atoms. The number of nitrogens with zero attached hydrogens (tertiary/aromatic N) is 1. The number of carbonyl (C=O) groups is 1. The fraction of sp³-hybridized carbons (Fsp3) is 0.217. The normalized spacial score (nSPS) is 19.3. The van der Waals surface area contributed by atoms with Crippen molar-refractivity contribution in [1.82, 2.24) is 10.3 Å². The van der Waals surface area contributed by atoms with E-state index in [4.69, 9.17) is 0 Å². The summed E-state index contributed by atoms with van der Waals surface area (Å²) < 4.78 is 14.0. The highest BCUT2D eigenvalue weighted by molar-refractivity contribution is 5.83. The third-order valence-electron chi connectivity index (χ3n) is 5.17. The maximum Gasteiger partial charge on any atom is 0.224 e. The van der Waals surface area contributed by atoms with Gasteiger partial charge in [-0.15, -0.1) is 0 Å². The number of aromatic nitrogens is 1. The lowest BCUT2D eigenvalue weighted by Crippen LogP contribution is -2.28. The minimum atomic E-state index is -0.491. The summed E-state index contributed by atoms with van der Waals surface area (Å²) in [5.41, 5.74) is 3.39. The van der Waals surface area contributed by atoms with Gasteiger partial charge in [0.25, 0.3) is 0 Å². The zero-order chi connectivity index (χ0) is 18.8. The van der Waals surface area contributed by atoms with E-state index < -0.39 is 5.95 Å². The SMILES string of the molecule is CC(NC(=O)[C@H]1CC1c1ccccc1)c1cccc(-c2cccnc2F)c1.